The standard InChI is InChI=1S/C18H18BrF3N2O3S/c1-3-10(2)28(26,27)24-16-7-4-11(8-15(16)23)17(25)13-6-5-12(9-14(13)19)18(20,21)22/h4-10,24H,3,23H2,1-2H3. The van der Waals surface area contributed by atoms with Crippen molar-refractivity contribution in [3.05, 3.63) is 57.6 Å². The van der Waals surface area contributed by atoms with Crippen LogP contribution in [0.3, 0.4) is 0 Å². The number of halogens is 4. The van der Waals surface area contributed by atoms with E-state index in [0.717, 1.165) is 18.2 Å². The molecule has 1 unspecified atom stereocenters. The molecule has 2 rings (SSSR count). The molecule has 10 heteroatoms. The molecule has 0 fully saturated rings. The molecule has 152 valence electrons. The topological polar surface area (TPSA) is 89.3 Å². The van der Waals surface area contributed by atoms with Crippen molar-refractivity contribution in [2.45, 2.75) is 31.7 Å². The highest BCUT2D eigenvalue weighted by molar-refractivity contribution is 9.10. The summed E-state index contributed by atoms with van der Waals surface area (Å²) in [5.41, 5.74) is 5.28. The first-order chi connectivity index (χ1) is 12.9. The van der Waals surface area contributed by atoms with E-state index in [-0.39, 0.29) is 27.0 Å². The van der Waals surface area contributed by atoms with Crippen LogP contribution in [0.15, 0.2) is 40.9 Å². The Morgan fingerprint density at radius 1 is 1.21 bits per heavy atom. The van der Waals surface area contributed by atoms with Crippen molar-refractivity contribution >= 4 is 43.1 Å². The molecule has 2 aromatic rings. The van der Waals surface area contributed by atoms with Crippen LogP contribution < -0.4 is 10.5 Å². The van der Waals surface area contributed by atoms with Gasteiger partial charge in [0.15, 0.2) is 5.78 Å². The normalized spacial score (nSPS) is 13.2. The first-order valence-corrected chi connectivity index (χ1v) is 10.5. The summed E-state index contributed by atoms with van der Waals surface area (Å²) < 4.78 is 65.0. The first-order valence-electron chi connectivity index (χ1n) is 8.19. The van der Waals surface area contributed by atoms with E-state index in [9.17, 15) is 26.4 Å². The van der Waals surface area contributed by atoms with Crippen molar-refractivity contribution in [3.8, 4) is 0 Å². The van der Waals surface area contributed by atoms with Crippen LogP contribution in [-0.2, 0) is 16.2 Å². The summed E-state index contributed by atoms with van der Waals surface area (Å²) in [7, 11) is -3.63. The highest BCUT2D eigenvalue weighted by Gasteiger charge is 2.31. The van der Waals surface area contributed by atoms with Crippen LogP contribution in [0.1, 0.15) is 41.8 Å². The van der Waals surface area contributed by atoms with Crippen molar-refractivity contribution in [1.82, 2.24) is 0 Å². The van der Waals surface area contributed by atoms with E-state index in [1.807, 2.05) is 0 Å². The zero-order valence-corrected chi connectivity index (χ0v) is 17.4. The number of hydrogen-bond donors (Lipinski definition) is 2. The van der Waals surface area contributed by atoms with Gasteiger partial charge in [-0.25, -0.2) is 8.42 Å². The highest BCUT2D eigenvalue weighted by atomic mass is 79.9. The molecule has 0 aliphatic rings. The summed E-state index contributed by atoms with van der Waals surface area (Å²) in [5.74, 6) is -0.552. The Balaban J connectivity index is 2.32. The minimum absolute atomic E-state index is 0.00699. The number of carbonyl (C=O) groups excluding carboxylic acids is 1. The Bertz CT molecular complexity index is 1010. The van der Waals surface area contributed by atoms with Crippen LogP contribution >= 0.6 is 15.9 Å². The van der Waals surface area contributed by atoms with Crippen molar-refractivity contribution in [2.24, 2.45) is 0 Å². The van der Waals surface area contributed by atoms with Gasteiger partial charge >= 0.3 is 6.18 Å². The fourth-order valence-electron chi connectivity index (χ4n) is 2.30. The molecule has 0 amide bonds. The van der Waals surface area contributed by atoms with Crippen molar-refractivity contribution in [2.75, 3.05) is 10.5 Å². The SMILES string of the molecule is CCC(C)S(=O)(=O)Nc1ccc(C(=O)c2ccc(C(F)(F)F)cc2Br)cc1N. The summed E-state index contributed by atoms with van der Waals surface area (Å²) in [5, 5.41) is -0.628. The Hall–Kier alpha value is -2.07. The van der Waals surface area contributed by atoms with Gasteiger partial charge in [0.05, 0.1) is 22.2 Å². The molecule has 0 bridgehead atoms. The second kappa shape index (κ2) is 8.12. The molecule has 0 saturated heterocycles. The average Bonchev–Trinajstić information content (AvgIpc) is 2.61. The van der Waals surface area contributed by atoms with Gasteiger partial charge in [0, 0.05) is 15.6 Å². The van der Waals surface area contributed by atoms with Gasteiger partial charge < -0.3 is 5.73 Å². The number of benzene rings is 2. The van der Waals surface area contributed by atoms with Gasteiger partial charge in [0.1, 0.15) is 0 Å². The second-order valence-electron chi connectivity index (χ2n) is 6.19. The molecule has 0 aliphatic heterocycles. The Morgan fingerprint density at radius 2 is 1.86 bits per heavy atom. The van der Waals surface area contributed by atoms with Gasteiger partial charge in [-0.15, -0.1) is 0 Å². The van der Waals surface area contributed by atoms with Crippen LogP contribution in [0, 0.1) is 0 Å². The monoisotopic (exact) mass is 478 g/mol. The molecule has 0 saturated carbocycles. The Kier molecular flexibility index (Phi) is 6.44. The third-order valence-corrected chi connectivity index (χ3v) is 6.76. The van der Waals surface area contributed by atoms with E-state index in [4.69, 9.17) is 5.73 Å². The highest BCUT2D eigenvalue weighted by Crippen LogP contribution is 2.33. The summed E-state index contributed by atoms with van der Waals surface area (Å²) in [6.07, 6.45) is -4.11. The number of nitrogens with two attached hydrogens (primary N) is 1. The summed E-state index contributed by atoms with van der Waals surface area (Å²) in [6.45, 7) is 3.29. The molecule has 28 heavy (non-hydrogen) atoms. The number of carbonyl (C=O) groups is 1. The summed E-state index contributed by atoms with van der Waals surface area (Å²) in [6, 6.07) is 6.70. The largest absolute Gasteiger partial charge is 0.416 e. The van der Waals surface area contributed by atoms with Gasteiger partial charge in [0.2, 0.25) is 10.0 Å². The average molecular weight is 479 g/mol. The first kappa shape index (κ1) is 22.2. The van der Waals surface area contributed by atoms with E-state index in [0.29, 0.717) is 6.42 Å². The summed E-state index contributed by atoms with van der Waals surface area (Å²) in [4.78, 5) is 12.6. The van der Waals surface area contributed by atoms with E-state index in [2.05, 4.69) is 20.7 Å². The minimum Gasteiger partial charge on any atom is -0.397 e. The lowest BCUT2D eigenvalue weighted by Gasteiger charge is -2.15. The molecule has 0 aliphatic carbocycles. The molecule has 0 aromatic heterocycles. The van der Waals surface area contributed by atoms with Crippen molar-refractivity contribution in [1.29, 1.82) is 0 Å². The summed E-state index contributed by atoms with van der Waals surface area (Å²) >= 11 is 2.99. The number of rotatable bonds is 6. The smallest absolute Gasteiger partial charge is 0.397 e. The third kappa shape index (κ3) is 4.85. The third-order valence-electron chi connectivity index (χ3n) is 4.21. The van der Waals surface area contributed by atoms with Crippen molar-refractivity contribution in [3.63, 3.8) is 0 Å². The van der Waals surface area contributed by atoms with Crippen LogP contribution in [0.2, 0.25) is 0 Å². The van der Waals surface area contributed by atoms with Gasteiger partial charge in [0.25, 0.3) is 0 Å². The minimum atomic E-state index is -4.52. The van der Waals surface area contributed by atoms with E-state index in [1.54, 1.807) is 13.8 Å². The van der Waals surface area contributed by atoms with E-state index in [1.165, 1.54) is 18.2 Å². The van der Waals surface area contributed by atoms with Gasteiger partial charge in [-0.1, -0.05) is 22.9 Å². The van der Waals surface area contributed by atoms with E-state index < -0.39 is 32.8 Å². The fourth-order valence-corrected chi connectivity index (χ4v) is 3.99. The molecule has 3 N–H and O–H groups in total. The zero-order valence-electron chi connectivity index (χ0n) is 15.0. The molecule has 0 heterocycles. The number of ketones is 1. The predicted octanol–water partition coefficient (Wildman–Crippen LogP) is 4.82. The molecule has 0 radical (unpaired) electrons. The maximum atomic E-state index is 12.8. The molecule has 2 aromatic carbocycles. The maximum Gasteiger partial charge on any atom is 0.416 e. The lowest BCUT2D eigenvalue weighted by molar-refractivity contribution is -0.137. The fraction of sp³-hybridized carbons (Fsp3) is 0.278. The quantitative estimate of drug-likeness (QED) is 0.459. The number of nitrogens with one attached hydrogen (secondary N) is 1. The Labute approximate surface area is 169 Å². The molecular weight excluding hydrogens is 461 g/mol. The van der Waals surface area contributed by atoms with Crippen LogP contribution in [0.25, 0.3) is 0 Å². The van der Waals surface area contributed by atoms with Gasteiger partial charge in [-0.3, -0.25) is 9.52 Å². The number of hydrogen-bond acceptors (Lipinski definition) is 4. The molecular formula is C18H18BrF3N2O3S. The maximum absolute atomic E-state index is 12.8. The lowest BCUT2D eigenvalue weighted by atomic mass is 10.0. The Morgan fingerprint density at radius 3 is 2.36 bits per heavy atom. The van der Waals surface area contributed by atoms with Crippen molar-refractivity contribution < 1.29 is 26.4 Å². The van der Waals surface area contributed by atoms with Crippen LogP contribution in [0.5, 0.6) is 0 Å². The molecule has 5 nitrogen and oxygen atoms in total. The van der Waals surface area contributed by atoms with Crippen LogP contribution in [0.4, 0.5) is 24.5 Å². The second-order valence-corrected chi connectivity index (χ2v) is 9.14. The van der Waals surface area contributed by atoms with Crippen LogP contribution in [-0.4, -0.2) is 19.5 Å². The molecule has 1 atom stereocenters. The van der Waals surface area contributed by atoms with E-state index >= 15 is 0 Å². The number of nitrogen functional groups attached to an aromatic ring is 1. The number of alkyl halides is 3. The number of anilines is 2. The predicted molar refractivity (Wildman–Crippen MR) is 106 cm³/mol. The number of sulfonamides is 1. The van der Waals surface area contributed by atoms with Gasteiger partial charge in [-0.2, -0.15) is 13.2 Å². The lowest BCUT2D eigenvalue weighted by Crippen LogP contribution is -2.25. The molecule has 0 spiro atoms. The van der Waals surface area contributed by atoms with Gasteiger partial charge in [-0.05, 0) is 49.7 Å². The zero-order chi connectivity index (χ0) is 21.3.